The van der Waals surface area contributed by atoms with E-state index in [0.29, 0.717) is 37.2 Å². The maximum absolute atomic E-state index is 14.0. The van der Waals surface area contributed by atoms with Gasteiger partial charge in [-0.15, -0.1) is 0 Å². The Bertz CT molecular complexity index is 522. The van der Waals surface area contributed by atoms with Gasteiger partial charge in [-0.2, -0.15) is 0 Å². The lowest BCUT2D eigenvalue weighted by Gasteiger charge is -2.33. The summed E-state index contributed by atoms with van der Waals surface area (Å²) in [4.78, 5) is 24.9. The molecular weight excluding hydrogens is 261 g/mol. The predicted molar refractivity (Wildman–Crippen MR) is 73.4 cm³/mol. The van der Waals surface area contributed by atoms with Gasteiger partial charge in [-0.1, -0.05) is 6.07 Å². The van der Waals surface area contributed by atoms with Gasteiger partial charge in [0.15, 0.2) is 5.78 Å². The van der Waals surface area contributed by atoms with E-state index in [4.69, 9.17) is 4.74 Å². The molecular formula is C15H18FNO3. The Balaban J connectivity index is 2.19. The number of hydrogen-bond donors (Lipinski definition) is 0. The Morgan fingerprint density at radius 1 is 1.30 bits per heavy atom. The first-order valence-electron chi connectivity index (χ1n) is 6.66. The number of Topliss-reactive ketones (excluding diaryl/α,β-unsaturated/α-hetero) is 1. The maximum Gasteiger partial charge on any atom is 0.308 e. The fraction of sp³-hybridized carbons (Fsp3) is 0.467. The monoisotopic (exact) mass is 279 g/mol. The van der Waals surface area contributed by atoms with Crippen LogP contribution in [0.25, 0.3) is 0 Å². The van der Waals surface area contributed by atoms with E-state index in [2.05, 4.69) is 0 Å². The number of benzene rings is 1. The second-order valence-electron chi connectivity index (χ2n) is 4.98. The summed E-state index contributed by atoms with van der Waals surface area (Å²) in [5, 5.41) is 0. The van der Waals surface area contributed by atoms with Crippen LogP contribution < -0.4 is 4.90 Å². The van der Waals surface area contributed by atoms with Crippen LogP contribution in [0.3, 0.4) is 0 Å². The molecule has 1 heterocycles. The summed E-state index contributed by atoms with van der Waals surface area (Å²) in [6.07, 6.45) is 1.22. The zero-order chi connectivity index (χ0) is 14.7. The SMILES string of the molecule is COC(=O)C1CCN(c2c(F)cccc2C(C)=O)CC1. The highest BCUT2D eigenvalue weighted by Gasteiger charge is 2.28. The number of para-hydroxylation sites is 1. The molecule has 0 bridgehead atoms. The third-order valence-electron chi connectivity index (χ3n) is 3.71. The number of carbonyl (C=O) groups is 2. The van der Waals surface area contributed by atoms with E-state index < -0.39 is 5.82 Å². The minimum Gasteiger partial charge on any atom is -0.469 e. The fourth-order valence-electron chi connectivity index (χ4n) is 2.63. The lowest BCUT2D eigenvalue weighted by molar-refractivity contribution is -0.146. The molecule has 5 heteroatoms. The molecule has 108 valence electrons. The maximum atomic E-state index is 14.0. The molecule has 0 spiro atoms. The molecule has 0 aromatic heterocycles. The standard InChI is InChI=1S/C15H18FNO3/c1-10(18)12-4-3-5-13(16)14(12)17-8-6-11(7-9-17)15(19)20-2/h3-5,11H,6-9H2,1-2H3. The topological polar surface area (TPSA) is 46.6 Å². The first-order valence-corrected chi connectivity index (χ1v) is 6.66. The smallest absolute Gasteiger partial charge is 0.308 e. The summed E-state index contributed by atoms with van der Waals surface area (Å²) < 4.78 is 18.8. The second kappa shape index (κ2) is 6.03. The van der Waals surface area contributed by atoms with Gasteiger partial charge in [0.05, 0.1) is 18.7 Å². The molecule has 0 amide bonds. The first-order chi connectivity index (χ1) is 9.54. The molecule has 0 saturated carbocycles. The number of piperidine rings is 1. The Morgan fingerprint density at radius 2 is 1.95 bits per heavy atom. The number of anilines is 1. The first kappa shape index (κ1) is 14.5. The average Bonchev–Trinajstić information content (AvgIpc) is 2.46. The van der Waals surface area contributed by atoms with E-state index >= 15 is 0 Å². The summed E-state index contributed by atoms with van der Waals surface area (Å²) >= 11 is 0. The quantitative estimate of drug-likeness (QED) is 0.629. The van der Waals surface area contributed by atoms with Gasteiger partial charge >= 0.3 is 5.97 Å². The van der Waals surface area contributed by atoms with Gasteiger partial charge in [0.25, 0.3) is 0 Å². The van der Waals surface area contributed by atoms with Crippen LogP contribution in [-0.4, -0.2) is 32.0 Å². The molecule has 1 saturated heterocycles. The number of ketones is 1. The lowest BCUT2D eigenvalue weighted by Crippen LogP contribution is -2.37. The number of methoxy groups -OCH3 is 1. The third-order valence-corrected chi connectivity index (χ3v) is 3.71. The minimum absolute atomic E-state index is 0.135. The molecule has 1 fully saturated rings. The van der Waals surface area contributed by atoms with Crippen LogP contribution in [0.2, 0.25) is 0 Å². The van der Waals surface area contributed by atoms with Crippen LogP contribution >= 0.6 is 0 Å². The van der Waals surface area contributed by atoms with E-state index in [0.717, 1.165) is 0 Å². The van der Waals surface area contributed by atoms with Crippen molar-refractivity contribution < 1.29 is 18.7 Å². The fourth-order valence-corrected chi connectivity index (χ4v) is 2.63. The minimum atomic E-state index is -0.394. The predicted octanol–water partition coefficient (Wildman–Crippen LogP) is 2.42. The zero-order valence-electron chi connectivity index (χ0n) is 11.7. The number of halogens is 1. The van der Waals surface area contributed by atoms with Crippen molar-refractivity contribution in [3.63, 3.8) is 0 Å². The Kier molecular flexibility index (Phi) is 4.37. The molecule has 1 aromatic rings. The number of hydrogen-bond acceptors (Lipinski definition) is 4. The number of ether oxygens (including phenoxy) is 1. The summed E-state index contributed by atoms with van der Waals surface area (Å²) in [6.45, 7) is 2.52. The molecule has 2 rings (SSSR count). The van der Waals surface area contributed by atoms with E-state index in [-0.39, 0.29) is 17.7 Å². The van der Waals surface area contributed by atoms with E-state index in [9.17, 15) is 14.0 Å². The van der Waals surface area contributed by atoms with Crippen molar-refractivity contribution >= 4 is 17.4 Å². The summed E-state index contributed by atoms with van der Waals surface area (Å²) in [7, 11) is 1.37. The molecule has 0 N–H and O–H groups in total. The highest BCUT2D eigenvalue weighted by atomic mass is 19.1. The van der Waals surface area contributed by atoms with Crippen LogP contribution in [-0.2, 0) is 9.53 Å². The van der Waals surface area contributed by atoms with E-state index in [1.165, 1.54) is 26.2 Å². The lowest BCUT2D eigenvalue weighted by atomic mass is 9.95. The molecule has 0 radical (unpaired) electrons. The third kappa shape index (κ3) is 2.81. The van der Waals surface area contributed by atoms with Crippen molar-refractivity contribution in [2.24, 2.45) is 5.92 Å². The normalized spacial score (nSPS) is 16.1. The largest absolute Gasteiger partial charge is 0.469 e. The number of carbonyl (C=O) groups excluding carboxylic acids is 2. The summed E-state index contributed by atoms with van der Waals surface area (Å²) in [5.74, 6) is -0.905. The van der Waals surface area contributed by atoms with Crippen molar-refractivity contribution in [3.8, 4) is 0 Å². The number of esters is 1. The van der Waals surface area contributed by atoms with Gasteiger partial charge < -0.3 is 9.64 Å². The summed E-state index contributed by atoms with van der Waals surface area (Å²) in [6, 6.07) is 4.53. The van der Waals surface area contributed by atoms with Gasteiger partial charge in [0.1, 0.15) is 5.82 Å². The average molecular weight is 279 g/mol. The van der Waals surface area contributed by atoms with Crippen LogP contribution in [0.15, 0.2) is 18.2 Å². The van der Waals surface area contributed by atoms with Gasteiger partial charge in [-0.3, -0.25) is 9.59 Å². The van der Waals surface area contributed by atoms with Crippen LogP contribution in [0.1, 0.15) is 30.1 Å². The molecule has 1 aromatic carbocycles. The Labute approximate surface area is 117 Å². The van der Waals surface area contributed by atoms with Crippen LogP contribution in [0.4, 0.5) is 10.1 Å². The van der Waals surface area contributed by atoms with Gasteiger partial charge in [0, 0.05) is 18.7 Å². The summed E-state index contributed by atoms with van der Waals surface area (Å²) in [5.41, 5.74) is 0.741. The van der Waals surface area contributed by atoms with E-state index in [1.807, 2.05) is 4.90 Å². The van der Waals surface area contributed by atoms with Crippen molar-refractivity contribution in [1.29, 1.82) is 0 Å². The zero-order valence-corrected chi connectivity index (χ0v) is 11.7. The molecule has 0 unspecified atom stereocenters. The highest BCUT2D eigenvalue weighted by molar-refractivity contribution is 5.99. The number of rotatable bonds is 3. The van der Waals surface area contributed by atoms with Crippen molar-refractivity contribution in [1.82, 2.24) is 0 Å². The van der Waals surface area contributed by atoms with Crippen molar-refractivity contribution in [2.75, 3.05) is 25.1 Å². The molecule has 1 aliphatic heterocycles. The molecule has 20 heavy (non-hydrogen) atoms. The molecule has 0 atom stereocenters. The Morgan fingerprint density at radius 3 is 2.50 bits per heavy atom. The highest BCUT2D eigenvalue weighted by Crippen LogP contribution is 2.29. The molecule has 4 nitrogen and oxygen atoms in total. The van der Waals surface area contributed by atoms with Gasteiger partial charge in [0.2, 0.25) is 0 Å². The van der Waals surface area contributed by atoms with Crippen molar-refractivity contribution in [3.05, 3.63) is 29.6 Å². The van der Waals surface area contributed by atoms with Gasteiger partial charge in [-0.25, -0.2) is 4.39 Å². The van der Waals surface area contributed by atoms with Crippen molar-refractivity contribution in [2.45, 2.75) is 19.8 Å². The van der Waals surface area contributed by atoms with Gasteiger partial charge in [-0.05, 0) is 31.9 Å². The molecule has 1 aliphatic rings. The van der Waals surface area contributed by atoms with Crippen LogP contribution in [0, 0.1) is 11.7 Å². The van der Waals surface area contributed by atoms with E-state index in [1.54, 1.807) is 6.07 Å². The molecule has 0 aliphatic carbocycles. The Hall–Kier alpha value is -1.91. The van der Waals surface area contributed by atoms with Crippen LogP contribution in [0.5, 0.6) is 0 Å². The second-order valence-corrected chi connectivity index (χ2v) is 4.98. The number of nitrogens with zero attached hydrogens (tertiary/aromatic N) is 1.